The quantitative estimate of drug-likeness (QED) is 0.679. The van der Waals surface area contributed by atoms with Crippen LogP contribution in [0.5, 0.6) is 5.75 Å². The summed E-state index contributed by atoms with van der Waals surface area (Å²) >= 11 is 0. The summed E-state index contributed by atoms with van der Waals surface area (Å²) in [6, 6.07) is 18.6. The lowest BCUT2D eigenvalue weighted by molar-refractivity contribution is -0.121. The van der Waals surface area contributed by atoms with Crippen molar-refractivity contribution in [2.24, 2.45) is 0 Å². The highest BCUT2D eigenvalue weighted by molar-refractivity contribution is 5.76. The third-order valence-corrected chi connectivity index (χ3v) is 5.26. The van der Waals surface area contributed by atoms with E-state index in [0.29, 0.717) is 6.42 Å². The van der Waals surface area contributed by atoms with Gasteiger partial charge in [-0.1, -0.05) is 42.5 Å². The molecule has 5 heteroatoms. The fourth-order valence-corrected chi connectivity index (χ4v) is 3.62. The maximum atomic E-state index is 12.1. The van der Waals surface area contributed by atoms with E-state index in [0.717, 1.165) is 63.5 Å². The van der Waals surface area contributed by atoms with Crippen LogP contribution in [-0.4, -0.2) is 57.2 Å². The Morgan fingerprint density at radius 2 is 1.71 bits per heavy atom. The van der Waals surface area contributed by atoms with Gasteiger partial charge in [0.15, 0.2) is 0 Å². The molecule has 28 heavy (non-hydrogen) atoms. The maximum absolute atomic E-state index is 12.1. The molecule has 0 saturated carbocycles. The molecule has 0 radical (unpaired) electrons. The molecule has 1 amide bonds. The van der Waals surface area contributed by atoms with Gasteiger partial charge in [-0.15, -0.1) is 0 Å². The molecule has 1 N–H and O–H groups in total. The molecule has 2 aromatic carbocycles. The Morgan fingerprint density at radius 1 is 1.00 bits per heavy atom. The molecule has 5 nitrogen and oxygen atoms in total. The predicted octanol–water partition coefficient (Wildman–Crippen LogP) is 2.96. The van der Waals surface area contributed by atoms with E-state index in [4.69, 9.17) is 4.74 Å². The fraction of sp³-hybridized carbons (Fsp3) is 0.435. The minimum absolute atomic E-state index is 0.153. The highest BCUT2D eigenvalue weighted by Gasteiger charge is 2.19. The summed E-state index contributed by atoms with van der Waals surface area (Å²) in [5, 5.41) is 3.05. The number of carbonyl (C=O) groups is 1. The van der Waals surface area contributed by atoms with Crippen molar-refractivity contribution in [1.82, 2.24) is 10.2 Å². The summed E-state index contributed by atoms with van der Waals surface area (Å²) < 4.78 is 5.47. The van der Waals surface area contributed by atoms with E-state index in [1.54, 1.807) is 7.11 Å². The zero-order valence-electron chi connectivity index (χ0n) is 16.8. The fourth-order valence-electron chi connectivity index (χ4n) is 3.62. The first kappa shape index (κ1) is 20.2. The minimum atomic E-state index is 0.153. The molecule has 1 aliphatic heterocycles. The number of anilines is 1. The van der Waals surface area contributed by atoms with Crippen LogP contribution in [0.3, 0.4) is 0 Å². The molecular formula is C23H31N3O2. The zero-order valence-corrected chi connectivity index (χ0v) is 16.8. The molecule has 1 saturated heterocycles. The molecule has 0 atom stereocenters. The molecular weight excluding hydrogens is 350 g/mol. The number of ether oxygens (including phenoxy) is 1. The molecule has 0 aromatic heterocycles. The van der Waals surface area contributed by atoms with E-state index in [1.807, 2.05) is 24.3 Å². The summed E-state index contributed by atoms with van der Waals surface area (Å²) in [7, 11) is 1.72. The minimum Gasteiger partial charge on any atom is -0.495 e. The lowest BCUT2D eigenvalue weighted by Gasteiger charge is -2.36. The number of piperazine rings is 1. The molecule has 1 aliphatic rings. The summed E-state index contributed by atoms with van der Waals surface area (Å²) in [5.41, 5.74) is 2.48. The zero-order chi connectivity index (χ0) is 19.6. The normalized spacial score (nSPS) is 14.7. The van der Waals surface area contributed by atoms with Crippen molar-refractivity contribution in [3.8, 4) is 5.75 Å². The Morgan fingerprint density at radius 3 is 2.46 bits per heavy atom. The SMILES string of the molecule is COc1ccccc1N1CCN(CCC(=O)NCCCc2ccccc2)CC1. The molecule has 1 heterocycles. The molecule has 0 bridgehead atoms. The van der Waals surface area contributed by atoms with Gasteiger partial charge in [-0.2, -0.15) is 0 Å². The van der Waals surface area contributed by atoms with Crippen LogP contribution < -0.4 is 15.0 Å². The second-order valence-corrected chi connectivity index (χ2v) is 7.19. The Hall–Kier alpha value is -2.53. The largest absolute Gasteiger partial charge is 0.495 e. The number of nitrogens with zero attached hydrogens (tertiary/aromatic N) is 2. The van der Waals surface area contributed by atoms with Gasteiger partial charge in [-0.25, -0.2) is 0 Å². The van der Waals surface area contributed by atoms with Crippen LogP contribution in [0.1, 0.15) is 18.4 Å². The Labute approximate surface area is 168 Å². The number of carbonyl (C=O) groups excluding carboxylic acids is 1. The number of rotatable bonds is 9. The summed E-state index contributed by atoms with van der Waals surface area (Å²) in [6.45, 7) is 5.43. The van der Waals surface area contributed by atoms with Gasteiger partial charge < -0.3 is 15.0 Å². The second-order valence-electron chi connectivity index (χ2n) is 7.19. The van der Waals surface area contributed by atoms with E-state index in [9.17, 15) is 4.79 Å². The number of nitrogens with one attached hydrogen (secondary N) is 1. The lowest BCUT2D eigenvalue weighted by atomic mass is 10.1. The van der Waals surface area contributed by atoms with Crippen molar-refractivity contribution in [3.63, 3.8) is 0 Å². The molecule has 1 fully saturated rings. The van der Waals surface area contributed by atoms with Gasteiger partial charge in [0.05, 0.1) is 12.8 Å². The van der Waals surface area contributed by atoms with Crippen LogP contribution in [0.25, 0.3) is 0 Å². The van der Waals surface area contributed by atoms with Gasteiger partial charge in [0.1, 0.15) is 5.75 Å². The van der Waals surface area contributed by atoms with Gasteiger partial charge >= 0.3 is 0 Å². The van der Waals surface area contributed by atoms with Crippen LogP contribution >= 0.6 is 0 Å². The van der Waals surface area contributed by atoms with E-state index in [-0.39, 0.29) is 5.91 Å². The number of aryl methyl sites for hydroxylation is 1. The smallest absolute Gasteiger partial charge is 0.221 e. The van der Waals surface area contributed by atoms with Crippen LogP contribution in [0.4, 0.5) is 5.69 Å². The van der Waals surface area contributed by atoms with Gasteiger partial charge in [-0.3, -0.25) is 9.69 Å². The van der Waals surface area contributed by atoms with E-state index in [1.165, 1.54) is 5.56 Å². The highest BCUT2D eigenvalue weighted by Crippen LogP contribution is 2.28. The molecule has 150 valence electrons. The van der Waals surface area contributed by atoms with Gasteiger partial charge in [0, 0.05) is 45.7 Å². The number of hydrogen-bond donors (Lipinski definition) is 1. The number of amides is 1. The Kier molecular flexibility index (Phi) is 7.73. The third-order valence-electron chi connectivity index (χ3n) is 5.26. The summed E-state index contributed by atoms with van der Waals surface area (Å²) in [6.07, 6.45) is 2.55. The highest BCUT2D eigenvalue weighted by atomic mass is 16.5. The summed E-state index contributed by atoms with van der Waals surface area (Å²) in [5.74, 6) is 1.08. The first-order valence-electron chi connectivity index (χ1n) is 10.2. The average Bonchev–Trinajstić information content (AvgIpc) is 2.76. The van der Waals surface area contributed by atoms with Crippen molar-refractivity contribution in [2.75, 3.05) is 51.3 Å². The standard InChI is InChI=1S/C23H31N3O2/c1-28-22-12-6-5-11-21(22)26-18-16-25(17-19-26)15-13-23(27)24-14-7-10-20-8-3-2-4-9-20/h2-6,8-9,11-12H,7,10,13-19H2,1H3,(H,24,27). The average molecular weight is 382 g/mol. The van der Waals surface area contributed by atoms with Crippen molar-refractivity contribution in [1.29, 1.82) is 0 Å². The Bertz CT molecular complexity index is 728. The number of hydrogen-bond acceptors (Lipinski definition) is 4. The Balaban J connectivity index is 1.31. The molecule has 2 aromatic rings. The third kappa shape index (κ3) is 5.99. The van der Waals surface area contributed by atoms with E-state index in [2.05, 4.69) is 45.4 Å². The van der Waals surface area contributed by atoms with E-state index >= 15 is 0 Å². The van der Waals surface area contributed by atoms with Gasteiger partial charge in [0.25, 0.3) is 0 Å². The van der Waals surface area contributed by atoms with Crippen molar-refractivity contribution >= 4 is 11.6 Å². The van der Waals surface area contributed by atoms with Gasteiger partial charge in [-0.05, 0) is 30.5 Å². The van der Waals surface area contributed by atoms with Crippen LogP contribution in [-0.2, 0) is 11.2 Å². The van der Waals surface area contributed by atoms with Crippen molar-refractivity contribution in [3.05, 3.63) is 60.2 Å². The van der Waals surface area contributed by atoms with Crippen LogP contribution in [0.15, 0.2) is 54.6 Å². The number of para-hydroxylation sites is 2. The molecule has 0 spiro atoms. The maximum Gasteiger partial charge on any atom is 0.221 e. The van der Waals surface area contributed by atoms with Crippen molar-refractivity contribution in [2.45, 2.75) is 19.3 Å². The van der Waals surface area contributed by atoms with Crippen LogP contribution in [0.2, 0.25) is 0 Å². The molecule has 0 aliphatic carbocycles. The second kappa shape index (κ2) is 10.7. The topological polar surface area (TPSA) is 44.8 Å². The monoisotopic (exact) mass is 381 g/mol. The number of methoxy groups -OCH3 is 1. The predicted molar refractivity (Wildman–Crippen MR) is 114 cm³/mol. The number of benzene rings is 2. The van der Waals surface area contributed by atoms with Crippen molar-refractivity contribution < 1.29 is 9.53 Å². The lowest BCUT2D eigenvalue weighted by Crippen LogP contribution is -2.47. The molecule has 0 unspecified atom stereocenters. The first-order valence-corrected chi connectivity index (χ1v) is 10.2. The first-order chi connectivity index (χ1) is 13.8. The summed E-state index contributed by atoms with van der Waals surface area (Å²) in [4.78, 5) is 16.8. The van der Waals surface area contributed by atoms with Gasteiger partial charge in [0.2, 0.25) is 5.91 Å². The van der Waals surface area contributed by atoms with Crippen LogP contribution in [0, 0.1) is 0 Å². The van der Waals surface area contributed by atoms with E-state index < -0.39 is 0 Å². The molecule has 3 rings (SSSR count).